The Hall–Kier alpha value is -0.440. The van der Waals surface area contributed by atoms with E-state index in [-0.39, 0.29) is 0 Å². The first kappa shape index (κ1) is 8.65. The molecular formula is C20H38O11. The van der Waals surface area contributed by atoms with E-state index in [4.69, 9.17) is 85.0 Å². The van der Waals surface area contributed by atoms with Crippen LogP contribution >= 0.6 is 0 Å². The zero-order valence-electron chi connectivity index (χ0n) is 39.7. The van der Waals surface area contributed by atoms with Gasteiger partial charge >= 0.3 is 0 Å². The first-order valence-electron chi connectivity index (χ1n) is 20.5. The molecule has 184 valence electrons. The fraction of sp³-hybridized carbons (Fsp3) is 1.00. The van der Waals surface area contributed by atoms with Gasteiger partial charge in [-0.15, -0.1) is 0 Å². The highest BCUT2D eigenvalue weighted by Crippen LogP contribution is 2.33. The maximum Gasteiger partial charge on any atom is 0.190 e. The van der Waals surface area contributed by atoms with Gasteiger partial charge in [-0.3, -0.25) is 0 Å². The highest BCUT2D eigenvalue weighted by Gasteiger charge is 2.52. The lowest BCUT2D eigenvalue weighted by atomic mass is 9.97. The van der Waals surface area contributed by atoms with Crippen LogP contribution in [0.5, 0.6) is 0 Å². The van der Waals surface area contributed by atoms with Crippen LogP contribution in [0.25, 0.3) is 0 Å². The van der Waals surface area contributed by atoms with Gasteiger partial charge < -0.3 is 52.1 Å². The number of rotatable bonds is 12. The monoisotopic (exact) mass is 478 g/mol. The van der Waals surface area contributed by atoms with E-state index < -0.39 is 131 Å². The molecule has 2 aliphatic rings. The van der Waals surface area contributed by atoms with Crippen molar-refractivity contribution in [3.05, 3.63) is 0 Å². The summed E-state index contributed by atoms with van der Waals surface area (Å²) in [4.78, 5) is 0. The Bertz CT molecular complexity index is 1100. The third-order valence-corrected chi connectivity index (χ3v) is 4.76. The molecule has 11 nitrogen and oxygen atoms in total. The molecule has 0 saturated carbocycles. The Morgan fingerprint density at radius 2 is 0.903 bits per heavy atom. The van der Waals surface area contributed by atoms with Gasteiger partial charge in [-0.1, -0.05) is 0 Å². The molecule has 0 aromatic heterocycles. The second kappa shape index (κ2) is 13.3. The van der Waals surface area contributed by atoms with E-state index in [1.165, 1.54) is 0 Å². The quantitative estimate of drug-likeness (QED) is 0.374. The molecule has 10 atom stereocenters. The predicted molar refractivity (Wildman–Crippen MR) is 107 cm³/mol. The average Bonchev–Trinajstić information content (AvgIpc) is 2.88. The summed E-state index contributed by atoms with van der Waals surface area (Å²) in [6.07, 6.45) is -23.7. The fourth-order valence-electron chi connectivity index (χ4n) is 3.34. The molecule has 2 fully saturated rings. The molecule has 2 aliphatic heterocycles. The predicted octanol–water partition coefficient (Wildman–Crippen LogP) is -0.164. The normalized spacial score (nSPS) is 56.1. The van der Waals surface area contributed by atoms with Crippen LogP contribution in [0.4, 0.5) is 0 Å². The molecule has 0 aliphatic carbocycles. The third kappa shape index (κ3) is 5.92. The third-order valence-electron chi connectivity index (χ3n) is 4.76. The van der Waals surface area contributed by atoms with Crippen molar-refractivity contribution in [2.45, 2.75) is 61.4 Å². The zero-order valence-corrected chi connectivity index (χ0v) is 15.7. The maximum atomic E-state index is 7.70. The smallest absolute Gasteiger partial charge is 0.190 e. The van der Waals surface area contributed by atoms with Crippen molar-refractivity contribution in [1.82, 2.24) is 0 Å². The molecule has 2 saturated heterocycles. The SMILES string of the molecule is [2H]C([2H])([2H])OC[C@H]1O[C@H](O[C@H]2O[C@H](COC([2H])([2H])[2H])[C@@H](OC([2H])([2H])[2H])[C@H](OC([2H])([2H])[2H])[C@H]2OC([2H])([2H])[2H])[C@H](OC([2H])([2H])[2H])[C@@H](OC([2H])([2H])[2H])[C@@H]1OC([2H])([2H])[2H]. The van der Waals surface area contributed by atoms with E-state index in [2.05, 4.69) is 0 Å². The molecule has 0 aromatic rings. The molecule has 0 amide bonds. The zero-order chi connectivity index (χ0) is 43.0. The second-order valence-corrected chi connectivity index (χ2v) is 6.34. The van der Waals surface area contributed by atoms with Crippen molar-refractivity contribution in [3.8, 4) is 0 Å². The van der Waals surface area contributed by atoms with Crippen LogP contribution in [0.2, 0.25) is 0 Å². The van der Waals surface area contributed by atoms with Crippen molar-refractivity contribution in [3.63, 3.8) is 0 Å². The summed E-state index contributed by atoms with van der Waals surface area (Å²) in [5.74, 6) is 0. The Morgan fingerprint density at radius 3 is 1.29 bits per heavy atom. The van der Waals surface area contributed by atoms with Crippen molar-refractivity contribution in [2.75, 3.05) is 69.5 Å². The lowest BCUT2D eigenvalue weighted by molar-refractivity contribution is -0.384. The highest BCUT2D eigenvalue weighted by atomic mass is 16.8. The number of hydrogen-bond acceptors (Lipinski definition) is 11. The van der Waals surface area contributed by atoms with Crippen LogP contribution in [0.3, 0.4) is 0 Å². The van der Waals surface area contributed by atoms with E-state index in [0.29, 0.717) is 0 Å². The second-order valence-electron chi connectivity index (χ2n) is 6.34. The minimum Gasteiger partial charge on any atom is -0.382 e. The molecule has 31 heavy (non-hydrogen) atoms. The van der Waals surface area contributed by atoms with Gasteiger partial charge in [0, 0.05) is 56.3 Å². The Labute approximate surface area is 218 Å². The summed E-state index contributed by atoms with van der Waals surface area (Å²) in [6, 6.07) is 0. The summed E-state index contributed by atoms with van der Waals surface area (Å²) < 4.78 is 239. The molecule has 0 aromatic carbocycles. The summed E-state index contributed by atoms with van der Waals surface area (Å²) in [7, 11) is -27.6. The van der Waals surface area contributed by atoms with Crippen LogP contribution in [-0.2, 0) is 52.1 Å². The van der Waals surface area contributed by atoms with Crippen LogP contribution in [0.15, 0.2) is 0 Å². The van der Waals surface area contributed by atoms with Crippen LogP contribution in [-0.4, -0.2) is 131 Å². The molecule has 11 heteroatoms. The van der Waals surface area contributed by atoms with Crippen LogP contribution in [0.1, 0.15) is 32.9 Å². The molecule has 0 spiro atoms. The average molecular weight is 479 g/mol. The van der Waals surface area contributed by atoms with Crippen LogP contribution in [0, 0.1) is 0 Å². The van der Waals surface area contributed by atoms with Gasteiger partial charge in [-0.05, 0) is 0 Å². The largest absolute Gasteiger partial charge is 0.382 e. The Morgan fingerprint density at radius 1 is 0.516 bits per heavy atom. The van der Waals surface area contributed by atoms with E-state index in [1.54, 1.807) is 0 Å². The standard InChI is InChI=1S/C20H38O11/c1-21-9-11-13(23-3)15(25-5)17(27-7)19(29-11)31-20-18(28-8)16(26-6)14(24-4)12(30-20)10-22-2/h11-20H,9-10H2,1-8H3/t11-,12-,13-,14-,15+,16+,17-,18-,19-,20-/m1/s1/i1D3,2D3,3D3,4D3,5D3,6D3,7D3,8D3. The number of hydrogen-bond donors (Lipinski definition) is 0. The van der Waals surface area contributed by atoms with Gasteiger partial charge in [0.1, 0.15) is 48.8 Å². The van der Waals surface area contributed by atoms with Gasteiger partial charge in [0.15, 0.2) is 12.6 Å². The van der Waals surface area contributed by atoms with Gasteiger partial charge in [0.2, 0.25) is 0 Å². The molecule has 0 radical (unpaired) electrons. The summed E-state index contributed by atoms with van der Waals surface area (Å²) >= 11 is 0. The van der Waals surface area contributed by atoms with Crippen molar-refractivity contribution >= 4 is 0 Å². The molecule has 0 unspecified atom stereocenters. The summed E-state index contributed by atoms with van der Waals surface area (Å²) in [5, 5.41) is 0. The highest BCUT2D eigenvalue weighted by molar-refractivity contribution is 4.95. The molecular weight excluding hydrogens is 416 g/mol. The topological polar surface area (TPSA) is 102 Å². The number of ether oxygens (including phenoxy) is 11. The van der Waals surface area contributed by atoms with Crippen LogP contribution < -0.4 is 0 Å². The molecule has 0 bridgehead atoms. The molecule has 2 rings (SSSR count). The fourth-order valence-corrected chi connectivity index (χ4v) is 3.34. The summed E-state index contributed by atoms with van der Waals surface area (Å²) in [5.41, 5.74) is 0. The van der Waals surface area contributed by atoms with Gasteiger partial charge in [0.05, 0.1) is 46.1 Å². The minimum atomic E-state index is -3.57. The van der Waals surface area contributed by atoms with Gasteiger partial charge in [0.25, 0.3) is 0 Å². The van der Waals surface area contributed by atoms with E-state index in [0.717, 1.165) is 0 Å². The number of methoxy groups -OCH3 is 8. The van der Waals surface area contributed by atoms with E-state index >= 15 is 0 Å². The van der Waals surface area contributed by atoms with E-state index in [1.807, 2.05) is 0 Å². The Kier molecular flexibility index (Phi) is 3.71. The first-order valence-corrected chi connectivity index (χ1v) is 8.52. The van der Waals surface area contributed by atoms with E-state index in [9.17, 15) is 0 Å². The van der Waals surface area contributed by atoms with Gasteiger partial charge in [-0.2, -0.15) is 0 Å². The summed E-state index contributed by atoms with van der Waals surface area (Å²) in [6.45, 7) is -2.40. The first-order chi connectivity index (χ1) is 24.2. The lowest BCUT2D eigenvalue weighted by Gasteiger charge is -2.48. The maximum absolute atomic E-state index is 7.70. The lowest BCUT2D eigenvalue weighted by Crippen LogP contribution is -2.65. The van der Waals surface area contributed by atoms with Gasteiger partial charge in [-0.25, -0.2) is 0 Å². The molecule has 0 N–H and O–H groups in total. The molecule has 2 heterocycles. The minimum absolute atomic E-state index is 1.20. The van der Waals surface area contributed by atoms with Crippen molar-refractivity contribution < 1.29 is 85.0 Å². The Balaban J connectivity index is 2.88. The van der Waals surface area contributed by atoms with Crippen molar-refractivity contribution in [1.29, 1.82) is 0 Å². The van der Waals surface area contributed by atoms with Crippen molar-refractivity contribution in [2.24, 2.45) is 0 Å².